The van der Waals surface area contributed by atoms with Crippen molar-refractivity contribution in [1.82, 2.24) is 29.4 Å². The molecule has 1 aliphatic heterocycles. The molecule has 30 heavy (non-hydrogen) atoms. The second kappa shape index (κ2) is 9.18. The first-order valence-electron chi connectivity index (χ1n) is 10.7. The fourth-order valence-corrected chi connectivity index (χ4v) is 4.22. The second-order valence-corrected chi connectivity index (χ2v) is 8.42. The number of rotatable bonds is 8. The number of hydrogen-bond donors (Lipinski definition) is 1. The summed E-state index contributed by atoms with van der Waals surface area (Å²) in [6.07, 6.45) is 3.93. The van der Waals surface area contributed by atoms with Crippen molar-refractivity contribution in [2.45, 2.75) is 65.7 Å². The molecule has 0 fully saturated rings. The van der Waals surface area contributed by atoms with Crippen molar-refractivity contribution < 1.29 is 0 Å². The molecule has 0 aliphatic carbocycles. The molecule has 7 nitrogen and oxygen atoms in total. The van der Waals surface area contributed by atoms with E-state index >= 15 is 0 Å². The van der Waals surface area contributed by atoms with Crippen LogP contribution >= 0.6 is 11.6 Å². The summed E-state index contributed by atoms with van der Waals surface area (Å²) in [5, 5.41) is 13.2. The number of aryl methyl sites for hydroxylation is 4. The van der Waals surface area contributed by atoms with E-state index in [0.717, 1.165) is 55.9 Å². The average molecular weight is 429 g/mol. The van der Waals surface area contributed by atoms with Crippen LogP contribution in [0.15, 0.2) is 29.1 Å². The molecule has 3 heterocycles. The Balaban J connectivity index is 1.29. The molecule has 2 aromatic heterocycles. The Morgan fingerprint density at radius 1 is 1.10 bits per heavy atom. The maximum Gasteiger partial charge on any atom is 0.345 e. The van der Waals surface area contributed by atoms with Crippen LogP contribution in [-0.2, 0) is 32.6 Å². The highest BCUT2D eigenvalue weighted by Gasteiger charge is 2.16. The maximum atomic E-state index is 12.4. The highest BCUT2D eigenvalue weighted by atomic mass is 35.5. The first-order chi connectivity index (χ1) is 14.5. The molecule has 160 valence electrons. The highest BCUT2D eigenvalue weighted by molar-refractivity contribution is 6.30. The summed E-state index contributed by atoms with van der Waals surface area (Å²) in [4.78, 5) is 12.4. The van der Waals surface area contributed by atoms with Crippen molar-refractivity contribution in [2.75, 3.05) is 6.54 Å². The van der Waals surface area contributed by atoms with Crippen molar-refractivity contribution in [3.8, 4) is 0 Å². The third-order valence-electron chi connectivity index (χ3n) is 5.69. The zero-order chi connectivity index (χ0) is 21.1. The minimum atomic E-state index is 0.0287. The first kappa shape index (κ1) is 20.9. The second-order valence-electron chi connectivity index (χ2n) is 8.06. The van der Waals surface area contributed by atoms with Gasteiger partial charge in [-0.2, -0.15) is 10.2 Å². The minimum Gasteiger partial charge on any atom is -0.312 e. The molecular formula is C22H29ClN6O. The standard InChI is InChI=1S/C22H29ClN6O/c1-16-7-9-18(10-8-16)15-29-21(23)19(17(2)25-29)14-24-11-5-13-28-22(30)27-12-4-3-6-20(27)26-28/h7-10,24H,3-6,11-15H2,1-2H3. The SMILES string of the molecule is Cc1ccc(Cn2nc(C)c(CNCCCn3nc4n(c3=O)CCCC4)c2Cl)cc1. The first-order valence-corrected chi connectivity index (χ1v) is 11.1. The van der Waals surface area contributed by atoms with E-state index in [-0.39, 0.29) is 5.69 Å². The van der Waals surface area contributed by atoms with Gasteiger partial charge in [0.2, 0.25) is 0 Å². The molecule has 1 aliphatic rings. The van der Waals surface area contributed by atoms with Gasteiger partial charge in [-0.1, -0.05) is 41.4 Å². The van der Waals surface area contributed by atoms with E-state index in [1.807, 2.05) is 16.2 Å². The zero-order valence-electron chi connectivity index (χ0n) is 17.7. The summed E-state index contributed by atoms with van der Waals surface area (Å²) in [6.45, 7) is 7.61. The predicted octanol–water partition coefficient (Wildman–Crippen LogP) is 3.08. The number of hydrogen-bond acceptors (Lipinski definition) is 4. The van der Waals surface area contributed by atoms with Crippen LogP contribution in [0.4, 0.5) is 0 Å². The van der Waals surface area contributed by atoms with E-state index < -0.39 is 0 Å². The molecule has 0 saturated carbocycles. The minimum absolute atomic E-state index is 0.0287. The Morgan fingerprint density at radius 3 is 2.67 bits per heavy atom. The van der Waals surface area contributed by atoms with Gasteiger partial charge in [0.1, 0.15) is 11.0 Å². The van der Waals surface area contributed by atoms with Crippen molar-refractivity contribution >= 4 is 11.6 Å². The van der Waals surface area contributed by atoms with Crippen molar-refractivity contribution in [2.24, 2.45) is 0 Å². The van der Waals surface area contributed by atoms with Crippen molar-refractivity contribution in [1.29, 1.82) is 0 Å². The highest BCUT2D eigenvalue weighted by Crippen LogP contribution is 2.21. The van der Waals surface area contributed by atoms with Gasteiger partial charge in [-0.05, 0) is 45.2 Å². The summed E-state index contributed by atoms with van der Waals surface area (Å²) in [7, 11) is 0. The third-order valence-corrected chi connectivity index (χ3v) is 6.12. The quantitative estimate of drug-likeness (QED) is 0.560. The van der Waals surface area contributed by atoms with E-state index in [1.54, 1.807) is 4.68 Å². The van der Waals surface area contributed by atoms with Crippen LogP contribution in [0, 0.1) is 13.8 Å². The molecule has 0 amide bonds. The summed E-state index contributed by atoms with van der Waals surface area (Å²) in [6, 6.07) is 8.42. The van der Waals surface area contributed by atoms with Gasteiger partial charge in [0, 0.05) is 31.6 Å². The molecule has 4 rings (SSSR count). The van der Waals surface area contributed by atoms with Gasteiger partial charge in [-0.3, -0.25) is 4.57 Å². The number of fused-ring (bicyclic) bond motifs is 1. The summed E-state index contributed by atoms with van der Waals surface area (Å²) in [5.74, 6) is 0.933. The van der Waals surface area contributed by atoms with Crippen molar-refractivity contribution in [3.05, 3.63) is 68.1 Å². The normalized spacial score (nSPS) is 13.6. The maximum absolute atomic E-state index is 12.4. The lowest BCUT2D eigenvalue weighted by Crippen LogP contribution is -2.28. The lowest BCUT2D eigenvalue weighted by atomic mass is 10.1. The fourth-order valence-electron chi connectivity index (χ4n) is 3.92. The van der Waals surface area contributed by atoms with Crippen LogP contribution in [0.5, 0.6) is 0 Å². The van der Waals surface area contributed by atoms with Crippen molar-refractivity contribution in [3.63, 3.8) is 0 Å². The van der Waals surface area contributed by atoms with E-state index in [9.17, 15) is 4.79 Å². The van der Waals surface area contributed by atoms with Gasteiger partial charge in [0.05, 0.1) is 12.2 Å². The van der Waals surface area contributed by atoms with E-state index in [2.05, 4.69) is 46.7 Å². The molecule has 0 radical (unpaired) electrons. The van der Waals surface area contributed by atoms with Crippen LogP contribution in [0.25, 0.3) is 0 Å². The van der Waals surface area contributed by atoms with Crippen LogP contribution < -0.4 is 11.0 Å². The molecule has 1 aromatic carbocycles. The van der Waals surface area contributed by atoms with Gasteiger partial charge in [-0.25, -0.2) is 14.2 Å². The average Bonchev–Trinajstić information content (AvgIpc) is 3.20. The Kier molecular flexibility index (Phi) is 6.39. The fraction of sp³-hybridized carbons (Fsp3) is 0.500. The molecule has 8 heteroatoms. The van der Waals surface area contributed by atoms with E-state index in [4.69, 9.17) is 11.6 Å². The van der Waals surface area contributed by atoms with Crippen LogP contribution in [0.1, 0.15) is 47.5 Å². The number of nitrogens with one attached hydrogen (secondary N) is 1. The number of nitrogens with zero attached hydrogens (tertiary/aromatic N) is 5. The molecule has 0 unspecified atom stereocenters. The molecular weight excluding hydrogens is 400 g/mol. The predicted molar refractivity (Wildman–Crippen MR) is 118 cm³/mol. The zero-order valence-corrected chi connectivity index (χ0v) is 18.5. The molecule has 1 N–H and O–H groups in total. The largest absolute Gasteiger partial charge is 0.345 e. The molecule has 0 saturated heterocycles. The topological polar surface area (TPSA) is 69.7 Å². The Hall–Kier alpha value is -2.38. The number of halogens is 1. The van der Waals surface area contributed by atoms with Crippen LogP contribution in [0.2, 0.25) is 5.15 Å². The molecule has 3 aromatic rings. The lowest BCUT2D eigenvalue weighted by Gasteiger charge is -2.09. The Morgan fingerprint density at radius 2 is 1.90 bits per heavy atom. The smallest absolute Gasteiger partial charge is 0.312 e. The molecule has 0 atom stereocenters. The summed E-state index contributed by atoms with van der Waals surface area (Å²) in [5.41, 5.74) is 4.42. The molecule has 0 spiro atoms. The Labute approximate surface area is 181 Å². The number of benzene rings is 1. The lowest BCUT2D eigenvalue weighted by molar-refractivity contribution is 0.506. The van der Waals surface area contributed by atoms with Gasteiger partial charge in [-0.15, -0.1) is 0 Å². The third kappa shape index (κ3) is 4.52. The van der Waals surface area contributed by atoms with Crippen LogP contribution in [0.3, 0.4) is 0 Å². The summed E-state index contributed by atoms with van der Waals surface area (Å²) < 4.78 is 5.29. The summed E-state index contributed by atoms with van der Waals surface area (Å²) >= 11 is 6.60. The van der Waals surface area contributed by atoms with Gasteiger partial charge in [0.15, 0.2) is 0 Å². The van der Waals surface area contributed by atoms with Gasteiger partial charge < -0.3 is 5.32 Å². The van der Waals surface area contributed by atoms with Gasteiger partial charge >= 0.3 is 5.69 Å². The van der Waals surface area contributed by atoms with E-state index in [1.165, 1.54) is 11.1 Å². The van der Waals surface area contributed by atoms with Gasteiger partial charge in [0.25, 0.3) is 0 Å². The van der Waals surface area contributed by atoms with E-state index in [0.29, 0.717) is 24.8 Å². The Bertz CT molecular complexity index is 1060. The monoisotopic (exact) mass is 428 g/mol. The number of aromatic nitrogens is 5. The molecule has 0 bridgehead atoms. The van der Waals surface area contributed by atoms with Crippen LogP contribution in [-0.4, -0.2) is 30.7 Å².